The average Bonchev–Trinajstić information content (AvgIpc) is 3.10. The van der Waals surface area contributed by atoms with E-state index in [9.17, 15) is 14.0 Å². The molecule has 0 saturated carbocycles. The van der Waals surface area contributed by atoms with Gasteiger partial charge in [0, 0.05) is 28.9 Å². The highest BCUT2D eigenvalue weighted by atomic mass is 32.1. The summed E-state index contributed by atoms with van der Waals surface area (Å²) in [6.45, 7) is 4.32. The maximum Gasteiger partial charge on any atom is 0.274 e. The van der Waals surface area contributed by atoms with Crippen LogP contribution in [0.25, 0.3) is 10.4 Å². The fraction of sp³-hybridized carbons (Fsp3) is 0.250. The van der Waals surface area contributed by atoms with Crippen LogP contribution in [0, 0.1) is 5.82 Å². The molecule has 0 unspecified atom stereocenters. The summed E-state index contributed by atoms with van der Waals surface area (Å²) >= 11 is 1.56. The molecule has 0 radical (unpaired) electrons. The lowest BCUT2D eigenvalue weighted by Gasteiger charge is -2.26. The molecule has 3 rings (SSSR count). The van der Waals surface area contributed by atoms with E-state index >= 15 is 0 Å². The molecule has 2 heterocycles. The molecule has 140 valence electrons. The van der Waals surface area contributed by atoms with E-state index in [4.69, 9.17) is 0 Å². The third-order valence-corrected chi connectivity index (χ3v) is 5.30. The number of amides is 1. The van der Waals surface area contributed by atoms with Gasteiger partial charge in [-0.15, -0.1) is 11.3 Å². The van der Waals surface area contributed by atoms with Crippen molar-refractivity contribution < 1.29 is 9.18 Å². The summed E-state index contributed by atoms with van der Waals surface area (Å²) < 4.78 is 14.3. The average molecular weight is 385 g/mol. The molecular formula is C20H20FN3O2S. The van der Waals surface area contributed by atoms with Crippen molar-refractivity contribution in [3.8, 4) is 10.4 Å². The van der Waals surface area contributed by atoms with E-state index < -0.39 is 0 Å². The summed E-state index contributed by atoms with van der Waals surface area (Å²) in [6.07, 6.45) is 0. The molecule has 0 fully saturated rings. The Labute approximate surface area is 160 Å². The van der Waals surface area contributed by atoms with Gasteiger partial charge in [0.1, 0.15) is 11.5 Å². The van der Waals surface area contributed by atoms with Gasteiger partial charge >= 0.3 is 0 Å². The van der Waals surface area contributed by atoms with E-state index in [1.807, 2.05) is 26.0 Å². The third kappa shape index (κ3) is 4.31. The molecule has 3 aromatic rings. The van der Waals surface area contributed by atoms with Gasteiger partial charge in [-0.2, -0.15) is 5.10 Å². The Morgan fingerprint density at radius 3 is 2.48 bits per heavy atom. The molecule has 0 aliphatic carbocycles. The highest BCUT2D eigenvalue weighted by molar-refractivity contribution is 7.15. The van der Waals surface area contributed by atoms with Gasteiger partial charge in [-0.1, -0.05) is 12.1 Å². The van der Waals surface area contributed by atoms with E-state index in [-0.39, 0.29) is 29.0 Å². The van der Waals surface area contributed by atoms with Crippen LogP contribution in [0.15, 0.2) is 53.3 Å². The molecule has 0 N–H and O–H groups in total. The molecule has 0 atom stereocenters. The quantitative estimate of drug-likeness (QED) is 0.673. The maximum atomic E-state index is 13.1. The molecule has 0 spiro atoms. The minimum Gasteiger partial charge on any atom is -0.330 e. The van der Waals surface area contributed by atoms with Crippen LogP contribution in [0.3, 0.4) is 0 Å². The van der Waals surface area contributed by atoms with Crippen molar-refractivity contribution in [1.29, 1.82) is 0 Å². The Balaban J connectivity index is 1.82. The van der Waals surface area contributed by atoms with Crippen molar-refractivity contribution in [3.05, 3.63) is 75.3 Å². The van der Waals surface area contributed by atoms with Crippen LogP contribution in [-0.4, -0.2) is 26.6 Å². The van der Waals surface area contributed by atoms with Crippen LogP contribution in [-0.2, 0) is 13.6 Å². The third-order valence-electron chi connectivity index (χ3n) is 4.18. The number of nitrogens with zero attached hydrogens (tertiary/aromatic N) is 3. The lowest BCUT2D eigenvalue weighted by Crippen LogP contribution is -2.37. The number of carbonyl (C=O) groups is 1. The Kier molecular flexibility index (Phi) is 5.51. The fourth-order valence-electron chi connectivity index (χ4n) is 2.65. The van der Waals surface area contributed by atoms with Crippen molar-refractivity contribution in [2.75, 3.05) is 0 Å². The van der Waals surface area contributed by atoms with Crippen molar-refractivity contribution in [2.45, 2.75) is 26.4 Å². The van der Waals surface area contributed by atoms with Crippen LogP contribution < -0.4 is 5.56 Å². The van der Waals surface area contributed by atoms with Gasteiger partial charge in [-0.3, -0.25) is 9.59 Å². The molecule has 2 aromatic heterocycles. The standard InChI is InChI=1S/C20H20FN3O2S/c1-13(2)24(20(26)17-9-11-19(25)23(3)22-17)12-16-8-10-18(27-16)14-4-6-15(21)7-5-14/h4-11,13H,12H2,1-3H3. The van der Waals surface area contributed by atoms with E-state index in [1.165, 1.54) is 31.3 Å². The minimum atomic E-state index is -0.267. The van der Waals surface area contributed by atoms with Crippen LogP contribution >= 0.6 is 11.3 Å². The smallest absolute Gasteiger partial charge is 0.274 e. The second-order valence-electron chi connectivity index (χ2n) is 6.48. The number of thiophene rings is 1. The minimum absolute atomic E-state index is 0.0343. The summed E-state index contributed by atoms with van der Waals surface area (Å²) in [5, 5.41) is 4.06. The lowest BCUT2D eigenvalue weighted by atomic mass is 10.2. The number of hydrogen-bond donors (Lipinski definition) is 0. The highest BCUT2D eigenvalue weighted by Gasteiger charge is 2.21. The number of carbonyl (C=O) groups excluding carboxylic acids is 1. The zero-order valence-corrected chi connectivity index (χ0v) is 16.2. The molecule has 0 saturated heterocycles. The highest BCUT2D eigenvalue weighted by Crippen LogP contribution is 2.29. The van der Waals surface area contributed by atoms with E-state index in [0.29, 0.717) is 6.54 Å². The number of hydrogen-bond acceptors (Lipinski definition) is 4. The van der Waals surface area contributed by atoms with E-state index in [0.717, 1.165) is 20.0 Å². The lowest BCUT2D eigenvalue weighted by molar-refractivity contribution is 0.0683. The van der Waals surface area contributed by atoms with E-state index in [1.54, 1.807) is 28.4 Å². The molecule has 1 amide bonds. The van der Waals surface area contributed by atoms with Crippen LogP contribution in [0.5, 0.6) is 0 Å². The SMILES string of the molecule is CC(C)N(Cc1ccc(-c2ccc(F)cc2)s1)C(=O)c1ccc(=O)n(C)n1. The first-order valence-corrected chi connectivity index (χ1v) is 9.37. The van der Waals surface area contributed by atoms with Crippen molar-refractivity contribution >= 4 is 17.2 Å². The first-order valence-electron chi connectivity index (χ1n) is 8.55. The molecule has 1 aromatic carbocycles. The van der Waals surface area contributed by atoms with Gasteiger partial charge in [0.2, 0.25) is 0 Å². The second kappa shape index (κ2) is 7.84. The topological polar surface area (TPSA) is 55.2 Å². The summed E-state index contributed by atoms with van der Waals surface area (Å²) in [6, 6.07) is 13.1. The largest absolute Gasteiger partial charge is 0.330 e. The number of aromatic nitrogens is 2. The van der Waals surface area contributed by atoms with Gasteiger partial charge in [0.15, 0.2) is 0 Å². The molecule has 0 aliphatic rings. The van der Waals surface area contributed by atoms with Gasteiger partial charge < -0.3 is 4.90 Å². The maximum absolute atomic E-state index is 13.1. The number of benzene rings is 1. The van der Waals surface area contributed by atoms with Gasteiger partial charge in [-0.25, -0.2) is 9.07 Å². The first-order chi connectivity index (χ1) is 12.8. The van der Waals surface area contributed by atoms with Gasteiger partial charge in [0.05, 0.1) is 6.54 Å². The molecular weight excluding hydrogens is 365 g/mol. The molecule has 27 heavy (non-hydrogen) atoms. The number of halogens is 1. The van der Waals surface area contributed by atoms with Crippen molar-refractivity contribution in [3.63, 3.8) is 0 Å². The molecule has 0 aliphatic heterocycles. The monoisotopic (exact) mass is 385 g/mol. The van der Waals surface area contributed by atoms with E-state index in [2.05, 4.69) is 5.10 Å². The van der Waals surface area contributed by atoms with Gasteiger partial charge in [0.25, 0.3) is 11.5 Å². The van der Waals surface area contributed by atoms with Crippen LogP contribution in [0.4, 0.5) is 4.39 Å². The Bertz CT molecular complexity index is 1010. The Morgan fingerprint density at radius 1 is 1.15 bits per heavy atom. The predicted molar refractivity (Wildman–Crippen MR) is 104 cm³/mol. The normalized spacial score (nSPS) is 11.0. The summed E-state index contributed by atoms with van der Waals surface area (Å²) in [5.41, 5.74) is 0.917. The Hall–Kier alpha value is -2.80. The summed E-state index contributed by atoms with van der Waals surface area (Å²) in [5.74, 6) is -0.491. The van der Waals surface area contributed by atoms with Crippen LogP contribution in [0.1, 0.15) is 29.2 Å². The summed E-state index contributed by atoms with van der Waals surface area (Å²) in [4.78, 5) is 28.1. The zero-order chi connectivity index (χ0) is 19.6. The second-order valence-corrected chi connectivity index (χ2v) is 7.65. The van der Waals surface area contributed by atoms with Crippen LogP contribution in [0.2, 0.25) is 0 Å². The number of aryl methyl sites for hydroxylation is 1. The van der Waals surface area contributed by atoms with Gasteiger partial charge in [-0.05, 0) is 49.7 Å². The molecule has 5 nitrogen and oxygen atoms in total. The van der Waals surface area contributed by atoms with Crippen molar-refractivity contribution in [1.82, 2.24) is 14.7 Å². The fourth-order valence-corrected chi connectivity index (χ4v) is 3.66. The zero-order valence-electron chi connectivity index (χ0n) is 15.3. The first kappa shape index (κ1) is 19.0. The number of rotatable bonds is 5. The van der Waals surface area contributed by atoms with Crippen molar-refractivity contribution in [2.24, 2.45) is 7.05 Å². The Morgan fingerprint density at radius 2 is 1.85 bits per heavy atom. The predicted octanol–water partition coefficient (Wildman–Crippen LogP) is 3.70. The summed E-state index contributed by atoms with van der Waals surface area (Å²) in [7, 11) is 1.52. The molecule has 7 heteroatoms. The molecule has 0 bridgehead atoms.